The summed E-state index contributed by atoms with van der Waals surface area (Å²) in [6.07, 6.45) is 1.47. The summed E-state index contributed by atoms with van der Waals surface area (Å²) in [5.74, 6) is 4.02. The maximum atomic E-state index is 5.45. The van der Waals surface area contributed by atoms with Crippen molar-refractivity contribution in [1.29, 1.82) is 0 Å². The van der Waals surface area contributed by atoms with E-state index in [0.29, 0.717) is 13.2 Å². The molecule has 0 bridgehead atoms. The molecule has 0 spiro atoms. The maximum Gasteiger partial charge on any atom is 0.0963 e. The minimum Gasteiger partial charge on any atom is -0.501 e. The number of methoxy groups -OCH3 is 1. The molecule has 6 heteroatoms. The average Bonchev–Trinajstić information content (AvgIpc) is 2.43. The third-order valence-electron chi connectivity index (χ3n) is 2.01. The lowest BCUT2D eigenvalue weighted by atomic mass is 10.7. The van der Waals surface area contributed by atoms with Gasteiger partial charge < -0.3 is 18.9 Å². The van der Waals surface area contributed by atoms with Crippen LogP contribution >= 0.6 is 23.5 Å². The van der Waals surface area contributed by atoms with Crippen molar-refractivity contribution in [3.8, 4) is 0 Å². The molecule has 0 heterocycles. The summed E-state index contributed by atoms with van der Waals surface area (Å²) in [6.45, 7) is 7.92. The van der Waals surface area contributed by atoms with Gasteiger partial charge in [0.15, 0.2) is 0 Å². The van der Waals surface area contributed by atoms with Crippen molar-refractivity contribution >= 4 is 23.5 Å². The van der Waals surface area contributed by atoms with Gasteiger partial charge in [-0.2, -0.15) is 23.5 Å². The van der Waals surface area contributed by atoms with Crippen molar-refractivity contribution in [2.75, 3.05) is 69.8 Å². The fourth-order valence-electron chi connectivity index (χ4n) is 1.09. The summed E-state index contributed by atoms with van der Waals surface area (Å²) in [5.41, 5.74) is 0. The molecule has 4 nitrogen and oxygen atoms in total. The molecule has 114 valence electrons. The van der Waals surface area contributed by atoms with Gasteiger partial charge >= 0.3 is 0 Å². The zero-order chi connectivity index (χ0) is 14.0. The first-order valence-electron chi connectivity index (χ1n) is 6.44. The van der Waals surface area contributed by atoms with Gasteiger partial charge in [0.05, 0.1) is 45.9 Å². The van der Waals surface area contributed by atoms with E-state index >= 15 is 0 Å². The van der Waals surface area contributed by atoms with Crippen LogP contribution in [-0.2, 0) is 18.9 Å². The van der Waals surface area contributed by atoms with Gasteiger partial charge in [-0.05, 0) is 0 Å². The third-order valence-corrected chi connectivity index (χ3v) is 3.83. The Balaban J connectivity index is 2.89. The molecule has 0 aliphatic rings. The zero-order valence-corrected chi connectivity index (χ0v) is 13.4. The minimum atomic E-state index is 0.673. The van der Waals surface area contributed by atoms with E-state index in [0.717, 1.165) is 49.4 Å². The summed E-state index contributed by atoms with van der Waals surface area (Å²) in [6, 6.07) is 0. The Labute approximate surface area is 125 Å². The van der Waals surface area contributed by atoms with Crippen molar-refractivity contribution in [3.05, 3.63) is 12.8 Å². The summed E-state index contributed by atoms with van der Waals surface area (Å²) >= 11 is 3.67. The van der Waals surface area contributed by atoms with Gasteiger partial charge in [0, 0.05) is 30.1 Å². The molecule has 0 unspecified atom stereocenters. The first kappa shape index (κ1) is 19.1. The molecule has 0 saturated carbocycles. The zero-order valence-electron chi connectivity index (χ0n) is 11.8. The molecule has 0 aromatic rings. The van der Waals surface area contributed by atoms with E-state index in [2.05, 4.69) is 6.58 Å². The van der Waals surface area contributed by atoms with E-state index in [1.54, 1.807) is 7.11 Å². The molecule has 0 aliphatic heterocycles. The maximum absolute atomic E-state index is 5.45. The highest BCUT2D eigenvalue weighted by Gasteiger charge is 1.93. The molecule has 0 amide bonds. The van der Waals surface area contributed by atoms with Crippen molar-refractivity contribution < 1.29 is 18.9 Å². The second-order valence-electron chi connectivity index (χ2n) is 3.48. The third kappa shape index (κ3) is 18.1. The van der Waals surface area contributed by atoms with Crippen LogP contribution in [0.5, 0.6) is 0 Å². The highest BCUT2D eigenvalue weighted by molar-refractivity contribution is 7.99. The monoisotopic (exact) mass is 310 g/mol. The number of hydrogen-bond donors (Lipinski definition) is 0. The Bertz CT molecular complexity index is 182. The van der Waals surface area contributed by atoms with Crippen LogP contribution in [0.2, 0.25) is 0 Å². The number of ether oxygens (including phenoxy) is 4. The van der Waals surface area contributed by atoms with Crippen molar-refractivity contribution in [2.45, 2.75) is 0 Å². The topological polar surface area (TPSA) is 36.9 Å². The molecule has 19 heavy (non-hydrogen) atoms. The van der Waals surface area contributed by atoms with Crippen LogP contribution in [0.3, 0.4) is 0 Å². The standard InChI is InChI=1S/C13H26O4S2/c1-3-15-7-11-19-13-9-17-5-4-16-8-12-18-10-6-14-2/h3H,1,4-13H2,2H3. The lowest BCUT2D eigenvalue weighted by Gasteiger charge is -2.06. The second-order valence-corrected chi connectivity index (χ2v) is 5.93. The van der Waals surface area contributed by atoms with Crippen LogP contribution in [0, 0.1) is 0 Å². The number of hydrogen-bond acceptors (Lipinski definition) is 6. The molecule has 0 aliphatic carbocycles. The average molecular weight is 310 g/mol. The molecule has 0 radical (unpaired) electrons. The molecule has 0 aromatic carbocycles. The fourth-order valence-corrected chi connectivity index (χ4v) is 2.47. The molecular weight excluding hydrogens is 284 g/mol. The summed E-state index contributed by atoms with van der Waals surface area (Å²) in [7, 11) is 1.72. The van der Waals surface area contributed by atoms with Crippen LogP contribution in [0.15, 0.2) is 12.8 Å². The summed E-state index contributed by atoms with van der Waals surface area (Å²) in [5, 5.41) is 0. The summed E-state index contributed by atoms with van der Waals surface area (Å²) in [4.78, 5) is 0. The predicted molar refractivity (Wildman–Crippen MR) is 84.3 cm³/mol. The van der Waals surface area contributed by atoms with Gasteiger partial charge in [0.2, 0.25) is 0 Å². The van der Waals surface area contributed by atoms with Crippen molar-refractivity contribution in [2.24, 2.45) is 0 Å². The normalized spacial score (nSPS) is 10.6. The van der Waals surface area contributed by atoms with Gasteiger partial charge in [0.25, 0.3) is 0 Å². The highest BCUT2D eigenvalue weighted by atomic mass is 32.2. The van der Waals surface area contributed by atoms with E-state index < -0.39 is 0 Å². The Morgan fingerprint density at radius 1 is 0.789 bits per heavy atom. The van der Waals surface area contributed by atoms with E-state index in [-0.39, 0.29) is 0 Å². The molecular formula is C13H26O4S2. The van der Waals surface area contributed by atoms with E-state index in [1.165, 1.54) is 6.26 Å². The van der Waals surface area contributed by atoms with Crippen LogP contribution in [0.1, 0.15) is 0 Å². The van der Waals surface area contributed by atoms with Crippen LogP contribution < -0.4 is 0 Å². The smallest absolute Gasteiger partial charge is 0.0963 e. The highest BCUT2D eigenvalue weighted by Crippen LogP contribution is 2.00. The molecule has 0 atom stereocenters. The van der Waals surface area contributed by atoms with Gasteiger partial charge in [-0.15, -0.1) is 0 Å². The molecule has 0 fully saturated rings. The fraction of sp³-hybridized carbons (Fsp3) is 0.846. The van der Waals surface area contributed by atoms with Gasteiger partial charge in [-0.3, -0.25) is 0 Å². The van der Waals surface area contributed by atoms with Gasteiger partial charge in [-0.25, -0.2) is 0 Å². The quantitative estimate of drug-likeness (QED) is 0.322. The van der Waals surface area contributed by atoms with Crippen molar-refractivity contribution in [1.82, 2.24) is 0 Å². The molecule has 0 saturated heterocycles. The van der Waals surface area contributed by atoms with Crippen LogP contribution in [-0.4, -0.2) is 69.8 Å². The number of rotatable bonds is 16. The van der Waals surface area contributed by atoms with E-state index in [9.17, 15) is 0 Å². The van der Waals surface area contributed by atoms with Gasteiger partial charge in [0.1, 0.15) is 0 Å². The Kier molecular flexibility index (Phi) is 18.2. The van der Waals surface area contributed by atoms with Crippen LogP contribution in [0.4, 0.5) is 0 Å². The second kappa shape index (κ2) is 18.1. The SMILES string of the molecule is C=COCCSCCOCCOCCSCCOC. The van der Waals surface area contributed by atoms with Gasteiger partial charge in [-0.1, -0.05) is 6.58 Å². The Morgan fingerprint density at radius 3 is 1.84 bits per heavy atom. The van der Waals surface area contributed by atoms with E-state index in [1.807, 2.05) is 23.5 Å². The molecule has 0 rings (SSSR count). The van der Waals surface area contributed by atoms with Crippen LogP contribution in [0.25, 0.3) is 0 Å². The Hall–Kier alpha value is 0.120. The molecule has 0 N–H and O–H groups in total. The largest absolute Gasteiger partial charge is 0.501 e. The lowest BCUT2D eigenvalue weighted by molar-refractivity contribution is 0.0604. The van der Waals surface area contributed by atoms with Crippen molar-refractivity contribution in [3.63, 3.8) is 0 Å². The predicted octanol–water partition coefficient (Wildman–Crippen LogP) is 2.29. The first-order valence-corrected chi connectivity index (χ1v) is 8.75. The number of thioether (sulfide) groups is 2. The minimum absolute atomic E-state index is 0.673. The Morgan fingerprint density at radius 2 is 1.32 bits per heavy atom. The van der Waals surface area contributed by atoms with E-state index in [4.69, 9.17) is 18.9 Å². The molecule has 0 aromatic heterocycles. The summed E-state index contributed by atoms with van der Waals surface area (Å²) < 4.78 is 20.9. The lowest BCUT2D eigenvalue weighted by Crippen LogP contribution is -2.09. The first-order chi connectivity index (χ1) is 9.41.